The van der Waals surface area contributed by atoms with Gasteiger partial charge in [0.25, 0.3) is 0 Å². The zero-order chi connectivity index (χ0) is 14.9. The molecule has 2 aromatic rings. The molecule has 0 spiro atoms. The smallest absolute Gasteiger partial charge is 0.0757 e. The molecule has 4 heteroatoms. The first-order chi connectivity index (χ1) is 9.35. The fourth-order valence-electron chi connectivity index (χ4n) is 2.01. The van der Waals surface area contributed by atoms with E-state index in [2.05, 4.69) is 98.9 Å². The zero-order valence-electron chi connectivity index (χ0n) is 11.7. The molecule has 1 atom stereocenters. The van der Waals surface area contributed by atoms with Crippen molar-refractivity contribution in [3.05, 3.63) is 54.6 Å². The number of thiophene rings is 1. The van der Waals surface area contributed by atoms with Gasteiger partial charge in [-0.15, -0.1) is 11.3 Å². The third-order valence-electron chi connectivity index (χ3n) is 3.82. The number of rotatable bonds is 4. The number of hydrogen-bond donors (Lipinski definition) is 0. The minimum absolute atomic E-state index is 0.221. The molecule has 20 heavy (non-hydrogen) atoms. The Hall–Kier alpha value is 0.360. The van der Waals surface area contributed by atoms with Crippen LogP contribution in [0.15, 0.2) is 37.9 Å². The lowest BCUT2D eigenvalue weighted by Crippen LogP contribution is -2.15. The average Bonchev–Trinajstić information content (AvgIpc) is 2.77. The third kappa shape index (κ3) is 3.57. The van der Waals surface area contributed by atoms with Gasteiger partial charge in [-0.3, -0.25) is 0 Å². The van der Waals surface area contributed by atoms with Crippen molar-refractivity contribution in [2.45, 2.75) is 37.4 Å². The van der Waals surface area contributed by atoms with Gasteiger partial charge in [0, 0.05) is 0 Å². The van der Waals surface area contributed by atoms with Gasteiger partial charge in [0.15, 0.2) is 0 Å². The van der Waals surface area contributed by atoms with Gasteiger partial charge in [-0.25, -0.2) is 0 Å². The highest BCUT2D eigenvalue weighted by Crippen LogP contribution is 2.42. The molecule has 1 aromatic heterocycles. The van der Waals surface area contributed by atoms with E-state index >= 15 is 0 Å². The van der Waals surface area contributed by atoms with E-state index in [1.165, 1.54) is 20.5 Å². The SMILES string of the molecule is CCC(C)(C)c1ccc(C(Br)c2cc(Br)sc2Br)cc1. The molecule has 1 heterocycles. The first-order valence-corrected chi connectivity index (χ1v) is 9.86. The van der Waals surface area contributed by atoms with Gasteiger partial charge in [-0.2, -0.15) is 0 Å². The summed E-state index contributed by atoms with van der Waals surface area (Å²) in [5.74, 6) is 0. The Morgan fingerprint density at radius 3 is 2.20 bits per heavy atom. The van der Waals surface area contributed by atoms with Gasteiger partial charge >= 0.3 is 0 Å². The highest BCUT2D eigenvalue weighted by molar-refractivity contribution is 9.12. The van der Waals surface area contributed by atoms with E-state index in [0.29, 0.717) is 0 Å². The van der Waals surface area contributed by atoms with E-state index in [4.69, 9.17) is 0 Å². The largest absolute Gasteiger partial charge is 0.121 e. The minimum Gasteiger partial charge on any atom is -0.121 e. The van der Waals surface area contributed by atoms with Gasteiger partial charge in [-0.1, -0.05) is 61.0 Å². The molecule has 0 saturated carbocycles. The summed E-state index contributed by atoms with van der Waals surface area (Å²) in [6.07, 6.45) is 1.15. The Morgan fingerprint density at radius 1 is 1.15 bits per heavy atom. The van der Waals surface area contributed by atoms with Crippen LogP contribution in [0, 0.1) is 0 Å². The van der Waals surface area contributed by atoms with Crippen molar-refractivity contribution in [1.82, 2.24) is 0 Å². The molecular formula is C16H17Br3S. The highest BCUT2D eigenvalue weighted by Gasteiger charge is 2.20. The predicted molar refractivity (Wildman–Crippen MR) is 100 cm³/mol. The van der Waals surface area contributed by atoms with E-state index in [9.17, 15) is 0 Å². The summed E-state index contributed by atoms with van der Waals surface area (Å²) in [6.45, 7) is 6.82. The molecule has 0 fully saturated rings. The van der Waals surface area contributed by atoms with Crippen molar-refractivity contribution in [3.63, 3.8) is 0 Å². The Balaban J connectivity index is 2.28. The molecule has 2 rings (SSSR count). The summed E-state index contributed by atoms with van der Waals surface area (Å²) in [5, 5.41) is 0. The molecule has 0 aliphatic rings. The molecule has 0 aliphatic carbocycles. The molecule has 108 valence electrons. The third-order valence-corrected chi connectivity index (χ3v) is 7.23. The van der Waals surface area contributed by atoms with Crippen LogP contribution in [0.4, 0.5) is 0 Å². The van der Waals surface area contributed by atoms with Crippen LogP contribution in [0.1, 0.15) is 48.7 Å². The van der Waals surface area contributed by atoms with E-state index < -0.39 is 0 Å². The molecule has 0 radical (unpaired) electrons. The van der Waals surface area contributed by atoms with E-state index in [-0.39, 0.29) is 10.2 Å². The molecule has 0 aliphatic heterocycles. The highest BCUT2D eigenvalue weighted by atomic mass is 79.9. The van der Waals surface area contributed by atoms with Crippen LogP contribution < -0.4 is 0 Å². The molecule has 0 N–H and O–H groups in total. The fraction of sp³-hybridized carbons (Fsp3) is 0.375. The van der Waals surface area contributed by atoms with Crippen LogP contribution in [-0.2, 0) is 5.41 Å². The standard InChI is InChI=1S/C16H17Br3S/c1-4-16(2,3)11-7-5-10(6-8-11)14(18)12-9-13(17)20-15(12)19/h5-9,14H,4H2,1-3H3. The summed E-state index contributed by atoms with van der Waals surface area (Å²) in [4.78, 5) is 0.221. The van der Waals surface area contributed by atoms with Crippen molar-refractivity contribution in [3.8, 4) is 0 Å². The second-order valence-corrected chi connectivity index (χ2v) is 10.2. The second kappa shape index (κ2) is 6.64. The Labute approximate surface area is 150 Å². The minimum atomic E-state index is 0.221. The van der Waals surface area contributed by atoms with Gasteiger partial charge in [0.2, 0.25) is 0 Å². The second-order valence-electron chi connectivity index (χ2n) is 5.50. The van der Waals surface area contributed by atoms with Crippen LogP contribution in [0.3, 0.4) is 0 Å². The Morgan fingerprint density at radius 2 is 1.75 bits per heavy atom. The average molecular weight is 481 g/mol. The van der Waals surface area contributed by atoms with Gasteiger partial charge < -0.3 is 0 Å². The van der Waals surface area contributed by atoms with Crippen molar-refractivity contribution in [2.24, 2.45) is 0 Å². The fourth-order valence-corrected chi connectivity index (χ4v) is 6.04. The number of hydrogen-bond acceptors (Lipinski definition) is 1. The summed E-state index contributed by atoms with van der Waals surface area (Å²) >= 11 is 12.7. The zero-order valence-corrected chi connectivity index (χ0v) is 17.3. The maximum atomic E-state index is 3.81. The van der Waals surface area contributed by atoms with Crippen LogP contribution >= 0.6 is 59.1 Å². The number of alkyl halides is 1. The normalized spacial score (nSPS) is 13.5. The van der Waals surface area contributed by atoms with Crippen molar-refractivity contribution in [1.29, 1.82) is 0 Å². The summed E-state index contributed by atoms with van der Waals surface area (Å²) in [7, 11) is 0. The van der Waals surface area contributed by atoms with Gasteiger partial charge in [-0.05, 0) is 66.5 Å². The molecule has 1 unspecified atom stereocenters. The molecule has 1 aromatic carbocycles. The van der Waals surface area contributed by atoms with Crippen LogP contribution in [0.25, 0.3) is 0 Å². The van der Waals surface area contributed by atoms with E-state index in [0.717, 1.165) is 10.2 Å². The maximum absolute atomic E-state index is 3.81. The molecule has 0 bridgehead atoms. The topological polar surface area (TPSA) is 0 Å². The lowest BCUT2D eigenvalue weighted by Gasteiger charge is -2.23. The quantitative estimate of drug-likeness (QED) is 0.399. The van der Waals surface area contributed by atoms with Crippen LogP contribution in [0.2, 0.25) is 0 Å². The summed E-state index contributed by atoms with van der Waals surface area (Å²) < 4.78 is 2.32. The number of benzene rings is 1. The number of halogens is 3. The van der Waals surface area contributed by atoms with Crippen molar-refractivity contribution < 1.29 is 0 Å². The van der Waals surface area contributed by atoms with Crippen molar-refractivity contribution in [2.75, 3.05) is 0 Å². The molecule has 0 nitrogen and oxygen atoms in total. The first-order valence-electron chi connectivity index (χ1n) is 6.54. The van der Waals surface area contributed by atoms with Crippen LogP contribution in [0.5, 0.6) is 0 Å². The van der Waals surface area contributed by atoms with Gasteiger partial charge in [0.05, 0.1) is 12.4 Å². The monoisotopic (exact) mass is 478 g/mol. The van der Waals surface area contributed by atoms with E-state index in [1.807, 2.05) is 0 Å². The molecular weight excluding hydrogens is 464 g/mol. The lowest BCUT2D eigenvalue weighted by atomic mass is 9.82. The maximum Gasteiger partial charge on any atom is 0.0757 e. The van der Waals surface area contributed by atoms with Crippen LogP contribution in [-0.4, -0.2) is 0 Å². The summed E-state index contributed by atoms with van der Waals surface area (Å²) in [6, 6.07) is 11.1. The molecule has 0 saturated heterocycles. The molecule has 0 amide bonds. The lowest BCUT2D eigenvalue weighted by molar-refractivity contribution is 0.506. The predicted octanol–water partition coefficient (Wildman–Crippen LogP) is 7.45. The van der Waals surface area contributed by atoms with Gasteiger partial charge in [0.1, 0.15) is 0 Å². The first kappa shape index (κ1) is 16.7. The van der Waals surface area contributed by atoms with Crippen molar-refractivity contribution >= 4 is 59.1 Å². The Bertz CT molecular complexity index is 584. The summed E-state index contributed by atoms with van der Waals surface area (Å²) in [5.41, 5.74) is 4.19. The Kier molecular flexibility index (Phi) is 5.55. The van der Waals surface area contributed by atoms with E-state index in [1.54, 1.807) is 11.3 Å².